The van der Waals surface area contributed by atoms with Crippen molar-refractivity contribution in [2.75, 3.05) is 7.05 Å². The van der Waals surface area contributed by atoms with Crippen LogP contribution in [-0.2, 0) is 4.79 Å². The Balaban J connectivity index is 2.42. The number of aliphatic carboxylic acids is 1. The van der Waals surface area contributed by atoms with Gasteiger partial charge in [-0.3, -0.25) is 0 Å². The van der Waals surface area contributed by atoms with Crippen molar-refractivity contribution in [3.8, 4) is 0 Å². The number of rotatable bonds is 4. The molecule has 1 fully saturated rings. The highest BCUT2D eigenvalue weighted by atomic mass is 16.4. The molecule has 2 N–H and O–H groups in total. The maximum Gasteiger partial charge on any atom is 0.326 e. The molecule has 0 aromatic rings. The standard InChI is InChI=1S/C10H18N2O3/c1-3-8(9(13)14)11-10(15)12(2)7-5-4-6-7/h7-8H,3-6H2,1-2H3,(H,11,15)(H,13,14). The van der Waals surface area contributed by atoms with Crippen molar-refractivity contribution in [1.82, 2.24) is 10.2 Å². The largest absolute Gasteiger partial charge is 0.480 e. The third-order valence-corrected chi connectivity index (χ3v) is 2.95. The van der Waals surface area contributed by atoms with Crippen LogP contribution in [0.3, 0.4) is 0 Å². The first-order valence-corrected chi connectivity index (χ1v) is 5.32. The van der Waals surface area contributed by atoms with Crippen LogP contribution < -0.4 is 5.32 Å². The van der Waals surface area contributed by atoms with Gasteiger partial charge >= 0.3 is 12.0 Å². The quantitative estimate of drug-likeness (QED) is 0.734. The van der Waals surface area contributed by atoms with E-state index >= 15 is 0 Å². The van der Waals surface area contributed by atoms with Gasteiger partial charge in [-0.25, -0.2) is 9.59 Å². The Morgan fingerprint density at radius 3 is 2.47 bits per heavy atom. The van der Waals surface area contributed by atoms with Gasteiger partial charge in [-0.15, -0.1) is 0 Å². The number of hydrogen-bond acceptors (Lipinski definition) is 2. The Kier molecular flexibility index (Phi) is 3.94. The highest BCUT2D eigenvalue weighted by Crippen LogP contribution is 2.23. The first kappa shape index (κ1) is 11.8. The number of carboxylic acids is 1. The number of carbonyl (C=O) groups excluding carboxylic acids is 1. The van der Waals surface area contributed by atoms with E-state index in [1.54, 1.807) is 18.9 Å². The molecule has 5 heteroatoms. The second-order valence-electron chi connectivity index (χ2n) is 3.94. The van der Waals surface area contributed by atoms with Crippen LogP contribution in [-0.4, -0.2) is 41.1 Å². The van der Waals surface area contributed by atoms with Gasteiger partial charge in [-0.05, 0) is 25.7 Å². The van der Waals surface area contributed by atoms with E-state index in [-0.39, 0.29) is 12.1 Å². The van der Waals surface area contributed by atoms with E-state index in [9.17, 15) is 9.59 Å². The molecule has 0 saturated heterocycles. The van der Waals surface area contributed by atoms with E-state index in [1.807, 2.05) is 0 Å². The zero-order chi connectivity index (χ0) is 11.4. The van der Waals surface area contributed by atoms with Gasteiger partial charge in [-0.2, -0.15) is 0 Å². The number of carboxylic acid groups (broad SMARTS) is 1. The van der Waals surface area contributed by atoms with E-state index in [2.05, 4.69) is 5.32 Å². The molecular weight excluding hydrogens is 196 g/mol. The third kappa shape index (κ3) is 2.84. The monoisotopic (exact) mass is 214 g/mol. The van der Waals surface area contributed by atoms with Crippen molar-refractivity contribution >= 4 is 12.0 Å². The van der Waals surface area contributed by atoms with Gasteiger partial charge < -0.3 is 15.3 Å². The minimum Gasteiger partial charge on any atom is -0.480 e. The smallest absolute Gasteiger partial charge is 0.326 e. The summed E-state index contributed by atoms with van der Waals surface area (Å²) >= 11 is 0. The third-order valence-electron chi connectivity index (χ3n) is 2.95. The lowest BCUT2D eigenvalue weighted by Crippen LogP contribution is -2.51. The van der Waals surface area contributed by atoms with Crippen molar-refractivity contribution in [3.05, 3.63) is 0 Å². The fourth-order valence-electron chi connectivity index (χ4n) is 1.53. The van der Waals surface area contributed by atoms with Crippen LogP contribution in [0.4, 0.5) is 4.79 Å². The van der Waals surface area contributed by atoms with Crippen molar-refractivity contribution in [3.63, 3.8) is 0 Å². The predicted octanol–water partition coefficient (Wildman–Crippen LogP) is 1.04. The summed E-state index contributed by atoms with van der Waals surface area (Å²) in [5.74, 6) is -0.979. The molecule has 1 aliphatic carbocycles. The molecule has 0 radical (unpaired) electrons. The van der Waals surface area contributed by atoms with Gasteiger partial charge in [0, 0.05) is 13.1 Å². The van der Waals surface area contributed by atoms with Gasteiger partial charge in [0.25, 0.3) is 0 Å². The van der Waals surface area contributed by atoms with E-state index in [1.165, 1.54) is 0 Å². The van der Waals surface area contributed by atoms with Gasteiger partial charge in [0.1, 0.15) is 6.04 Å². The molecule has 0 heterocycles. The fourth-order valence-corrected chi connectivity index (χ4v) is 1.53. The lowest BCUT2D eigenvalue weighted by atomic mass is 9.92. The fraction of sp³-hybridized carbons (Fsp3) is 0.800. The Morgan fingerprint density at radius 1 is 1.53 bits per heavy atom. The summed E-state index contributed by atoms with van der Waals surface area (Å²) in [5.41, 5.74) is 0. The molecule has 15 heavy (non-hydrogen) atoms. The zero-order valence-electron chi connectivity index (χ0n) is 9.19. The van der Waals surface area contributed by atoms with Crippen LogP contribution in [0.2, 0.25) is 0 Å². The summed E-state index contributed by atoms with van der Waals surface area (Å²) in [6.45, 7) is 1.74. The van der Waals surface area contributed by atoms with Crippen LogP contribution in [0.25, 0.3) is 0 Å². The predicted molar refractivity (Wildman–Crippen MR) is 55.6 cm³/mol. The molecule has 1 rings (SSSR count). The normalized spacial score (nSPS) is 17.7. The highest BCUT2D eigenvalue weighted by molar-refractivity contribution is 5.82. The summed E-state index contributed by atoms with van der Waals surface area (Å²) < 4.78 is 0. The number of amides is 2. The molecule has 0 aromatic heterocycles. The maximum absolute atomic E-state index is 11.6. The Labute approximate surface area is 89.4 Å². The summed E-state index contributed by atoms with van der Waals surface area (Å²) in [7, 11) is 1.72. The summed E-state index contributed by atoms with van der Waals surface area (Å²) in [5, 5.41) is 11.3. The van der Waals surface area contributed by atoms with E-state index in [4.69, 9.17) is 5.11 Å². The molecule has 86 valence electrons. The van der Waals surface area contributed by atoms with Crippen molar-refractivity contribution in [2.45, 2.75) is 44.7 Å². The SMILES string of the molecule is CCC(NC(=O)N(C)C1CCC1)C(=O)O. The summed E-state index contributed by atoms with van der Waals surface area (Å²) in [6.07, 6.45) is 3.60. The van der Waals surface area contributed by atoms with Crippen LogP contribution in [0.15, 0.2) is 0 Å². The minimum absolute atomic E-state index is 0.283. The molecule has 1 saturated carbocycles. The van der Waals surface area contributed by atoms with Gasteiger partial charge in [-0.1, -0.05) is 6.92 Å². The molecular formula is C10H18N2O3. The van der Waals surface area contributed by atoms with Crippen LogP contribution in [0, 0.1) is 0 Å². The first-order chi connectivity index (χ1) is 7.06. The Bertz CT molecular complexity index is 251. The average molecular weight is 214 g/mol. The summed E-state index contributed by atoms with van der Waals surface area (Å²) in [6, 6.07) is -0.773. The Hall–Kier alpha value is -1.26. The molecule has 1 unspecified atom stereocenters. The van der Waals surface area contributed by atoms with Crippen molar-refractivity contribution in [1.29, 1.82) is 0 Å². The number of carbonyl (C=O) groups is 2. The second kappa shape index (κ2) is 5.00. The van der Waals surface area contributed by atoms with Crippen LogP contribution >= 0.6 is 0 Å². The second-order valence-corrected chi connectivity index (χ2v) is 3.94. The lowest BCUT2D eigenvalue weighted by Gasteiger charge is -2.35. The summed E-state index contributed by atoms with van der Waals surface area (Å²) in [4.78, 5) is 23.9. The minimum atomic E-state index is -0.979. The number of nitrogens with zero attached hydrogens (tertiary/aromatic N) is 1. The van der Waals surface area contributed by atoms with Crippen LogP contribution in [0.5, 0.6) is 0 Å². The number of urea groups is 1. The van der Waals surface area contributed by atoms with Crippen LogP contribution in [0.1, 0.15) is 32.6 Å². The van der Waals surface area contributed by atoms with Gasteiger partial charge in [0.05, 0.1) is 0 Å². The van der Waals surface area contributed by atoms with E-state index < -0.39 is 12.0 Å². The molecule has 1 aliphatic rings. The first-order valence-electron chi connectivity index (χ1n) is 5.32. The molecule has 0 bridgehead atoms. The molecule has 2 amide bonds. The molecule has 0 aromatic carbocycles. The molecule has 5 nitrogen and oxygen atoms in total. The highest BCUT2D eigenvalue weighted by Gasteiger charge is 2.27. The number of hydrogen-bond donors (Lipinski definition) is 2. The molecule has 1 atom stereocenters. The number of nitrogens with one attached hydrogen (secondary N) is 1. The lowest BCUT2D eigenvalue weighted by molar-refractivity contribution is -0.139. The topological polar surface area (TPSA) is 69.6 Å². The van der Waals surface area contributed by atoms with Gasteiger partial charge in [0.2, 0.25) is 0 Å². The maximum atomic E-state index is 11.6. The zero-order valence-corrected chi connectivity index (χ0v) is 9.19. The Morgan fingerprint density at radius 2 is 2.13 bits per heavy atom. The van der Waals surface area contributed by atoms with Gasteiger partial charge in [0.15, 0.2) is 0 Å². The molecule has 0 aliphatic heterocycles. The van der Waals surface area contributed by atoms with Crippen molar-refractivity contribution < 1.29 is 14.7 Å². The van der Waals surface area contributed by atoms with Crippen molar-refractivity contribution in [2.24, 2.45) is 0 Å². The molecule has 0 spiro atoms. The van der Waals surface area contributed by atoms with E-state index in [0.29, 0.717) is 6.42 Å². The average Bonchev–Trinajstić information content (AvgIpc) is 2.10. The van der Waals surface area contributed by atoms with E-state index in [0.717, 1.165) is 19.3 Å².